The molecule has 5 heterocycles. The molecule has 1 aliphatic heterocycles. The molecule has 1 amide bonds. The fraction of sp³-hybridized carbons (Fsp3) is 0.261. The standard InChI is InChI=1S/C23H22N8O4/c1-23(13-6-3-2-4-7-13,21(33)26-15-11-34-12-16(15)32)31-20-14(10-25-31)19-27-18(17-8-5-9-35-17)29-30(19)22(24)28-20/h2-10,15-16,32H,11-12H2,1H3,(H2,24,28)(H,26,33)/t15-,16-,23?/m0/s1. The topological polar surface area (TPSA) is 159 Å². The quantitative estimate of drug-likeness (QED) is 0.337. The highest BCUT2D eigenvalue weighted by Gasteiger charge is 2.42. The number of carbonyl (C=O) groups excluding carboxylic acids is 1. The molecule has 1 aliphatic rings. The number of nitrogens with zero attached hydrogens (tertiary/aromatic N) is 6. The second-order valence-electron chi connectivity index (χ2n) is 8.53. The lowest BCUT2D eigenvalue weighted by Gasteiger charge is -2.31. The van der Waals surface area contributed by atoms with Crippen molar-refractivity contribution in [2.24, 2.45) is 0 Å². The summed E-state index contributed by atoms with van der Waals surface area (Å²) < 4.78 is 13.7. The Labute approximate surface area is 198 Å². The Hall–Kier alpha value is -4.29. The molecule has 0 spiro atoms. The van der Waals surface area contributed by atoms with Crippen molar-refractivity contribution in [1.82, 2.24) is 34.7 Å². The number of nitrogens with one attached hydrogen (secondary N) is 1. The summed E-state index contributed by atoms with van der Waals surface area (Å²) >= 11 is 0. The molecule has 1 saturated heterocycles. The van der Waals surface area contributed by atoms with Gasteiger partial charge < -0.3 is 25.3 Å². The van der Waals surface area contributed by atoms with Crippen LogP contribution in [0.2, 0.25) is 0 Å². The summed E-state index contributed by atoms with van der Waals surface area (Å²) in [6.45, 7) is 2.13. The fourth-order valence-corrected chi connectivity index (χ4v) is 4.35. The van der Waals surface area contributed by atoms with E-state index in [1.54, 1.807) is 25.3 Å². The summed E-state index contributed by atoms with van der Waals surface area (Å²) in [6.07, 6.45) is 2.32. The predicted octanol–water partition coefficient (Wildman–Crippen LogP) is 0.956. The van der Waals surface area contributed by atoms with Gasteiger partial charge in [-0.25, -0.2) is 9.67 Å². The molecule has 178 valence electrons. The number of furan rings is 1. The van der Waals surface area contributed by atoms with Crippen LogP contribution in [-0.4, -0.2) is 65.7 Å². The molecule has 0 bridgehead atoms. The molecule has 6 rings (SSSR count). The maximum Gasteiger partial charge on any atom is 0.252 e. The van der Waals surface area contributed by atoms with Gasteiger partial charge in [0.1, 0.15) is 0 Å². The van der Waals surface area contributed by atoms with Crippen LogP contribution < -0.4 is 11.1 Å². The molecule has 0 aliphatic carbocycles. The number of aliphatic hydroxyl groups is 1. The van der Waals surface area contributed by atoms with Gasteiger partial charge in [0.25, 0.3) is 5.91 Å². The van der Waals surface area contributed by atoms with E-state index in [0.29, 0.717) is 33.8 Å². The first-order valence-corrected chi connectivity index (χ1v) is 11.0. The van der Waals surface area contributed by atoms with E-state index in [4.69, 9.17) is 14.9 Å². The smallest absolute Gasteiger partial charge is 0.252 e. The van der Waals surface area contributed by atoms with Gasteiger partial charge >= 0.3 is 0 Å². The number of rotatable bonds is 5. The summed E-state index contributed by atoms with van der Waals surface area (Å²) in [4.78, 5) is 22.9. The lowest BCUT2D eigenvalue weighted by atomic mass is 9.90. The van der Waals surface area contributed by atoms with Crippen LogP contribution in [0.1, 0.15) is 12.5 Å². The number of nitrogen functional groups attached to an aromatic ring is 1. The molecule has 35 heavy (non-hydrogen) atoms. The number of ether oxygens (including phenoxy) is 1. The zero-order valence-corrected chi connectivity index (χ0v) is 18.7. The van der Waals surface area contributed by atoms with Crippen LogP contribution in [0.3, 0.4) is 0 Å². The largest absolute Gasteiger partial charge is 0.461 e. The monoisotopic (exact) mass is 474 g/mol. The Morgan fingerprint density at radius 2 is 2.00 bits per heavy atom. The minimum atomic E-state index is -1.33. The zero-order valence-electron chi connectivity index (χ0n) is 18.7. The predicted molar refractivity (Wildman–Crippen MR) is 124 cm³/mol. The molecular formula is C23H22N8O4. The SMILES string of the molecule is CC(C(=O)N[C@H]1COC[C@@H]1O)(c1ccccc1)n1ncc2c1nc(N)n1nc(-c3ccco3)nc21. The minimum absolute atomic E-state index is 0.0787. The Bertz CT molecular complexity index is 1530. The van der Waals surface area contributed by atoms with Gasteiger partial charge in [-0.1, -0.05) is 30.3 Å². The van der Waals surface area contributed by atoms with Crippen molar-refractivity contribution in [1.29, 1.82) is 0 Å². The normalized spacial score (nSPS) is 19.8. The molecule has 5 aromatic rings. The number of aliphatic hydroxyl groups excluding tert-OH is 1. The number of hydrogen-bond acceptors (Lipinski definition) is 9. The van der Waals surface area contributed by atoms with Gasteiger partial charge in [-0.2, -0.15) is 14.6 Å². The maximum atomic E-state index is 13.8. The van der Waals surface area contributed by atoms with E-state index in [2.05, 4.69) is 25.5 Å². The van der Waals surface area contributed by atoms with Gasteiger partial charge in [0.15, 0.2) is 22.6 Å². The number of nitrogens with two attached hydrogens (primary N) is 1. The lowest BCUT2D eigenvalue weighted by Crippen LogP contribution is -2.53. The Kier molecular flexibility index (Phi) is 4.79. The number of carbonyl (C=O) groups is 1. The summed E-state index contributed by atoms with van der Waals surface area (Å²) in [5.41, 5.74) is 6.39. The van der Waals surface area contributed by atoms with E-state index in [1.165, 1.54) is 15.5 Å². The van der Waals surface area contributed by atoms with E-state index in [0.717, 1.165) is 0 Å². The first-order chi connectivity index (χ1) is 17.0. The Balaban J connectivity index is 1.53. The second-order valence-corrected chi connectivity index (χ2v) is 8.53. The van der Waals surface area contributed by atoms with Gasteiger partial charge in [-0.15, -0.1) is 5.10 Å². The third-order valence-corrected chi connectivity index (χ3v) is 6.34. The number of hydrogen-bond donors (Lipinski definition) is 3. The first-order valence-electron chi connectivity index (χ1n) is 11.0. The Morgan fingerprint density at radius 3 is 2.71 bits per heavy atom. The van der Waals surface area contributed by atoms with E-state index in [1.807, 2.05) is 30.3 Å². The lowest BCUT2D eigenvalue weighted by molar-refractivity contribution is -0.128. The maximum absolute atomic E-state index is 13.8. The average molecular weight is 474 g/mol. The van der Waals surface area contributed by atoms with E-state index >= 15 is 0 Å². The van der Waals surface area contributed by atoms with Crippen molar-refractivity contribution in [2.45, 2.75) is 24.6 Å². The summed E-state index contributed by atoms with van der Waals surface area (Å²) in [6, 6.07) is 12.2. The molecule has 1 aromatic carbocycles. The van der Waals surface area contributed by atoms with Crippen LogP contribution in [0.5, 0.6) is 0 Å². The highest BCUT2D eigenvalue weighted by atomic mass is 16.5. The van der Waals surface area contributed by atoms with Crippen LogP contribution in [0.4, 0.5) is 5.95 Å². The minimum Gasteiger partial charge on any atom is -0.461 e. The number of aromatic nitrogens is 6. The molecule has 12 nitrogen and oxygen atoms in total. The molecule has 3 atom stereocenters. The third-order valence-electron chi connectivity index (χ3n) is 6.34. The number of fused-ring (bicyclic) bond motifs is 3. The van der Waals surface area contributed by atoms with E-state index in [-0.39, 0.29) is 25.1 Å². The van der Waals surface area contributed by atoms with Crippen LogP contribution >= 0.6 is 0 Å². The van der Waals surface area contributed by atoms with Crippen LogP contribution in [-0.2, 0) is 15.1 Å². The van der Waals surface area contributed by atoms with E-state index in [9.17, 15) is 9.90 Å². The summed E-state index contributed by atoms with van der Waals surface area (Å²) in [7, 11) is 0. The van der Waals surface area contributed by atoms with Crippen LogP contribution in [0.25, 0.3) is 28.3 Å². The van der Waals surface area contributed by atoms with Crippen LogP contribution in [0, 0.1) is 0 Å². The first kappa shape index (κ1) is 21.3. The summed E-state index contributed by atoms with van der Waals surface area (Å²) in [5.74, 6) is 0.540. The fourth-order valence-electron chi connectivity index (χ4n) is 4.35. The number of amides is 1. The molecule has 4 N–H and O–H groups in total. The third kappa shape index (κ3) is 3.26. The highest BCUT2D eigenvalue weighted by molar-refractivity contribution is 5.94. The molecule has 4 aromatic heterocycles. The molecule has 1 unspecified atom stereocenters. The van der Waals surface area contributed by atoms with Crippen molar-refractivity contribution < 1.29 is 19.1 Å². The summed E-state index contributed by atoms with van der Waals surface area (Å²) in [5, 5.41) is 22.6. The van der Waals surface area contributed by atoms with Crippen molar-refractivity contribution in [3.63, 3.8) is 0 Å². The van der Waals surface area contributed by atoms with Crippen molar-refractivity contribution in [3.05, 3.63) is 60.5 Å². The molecule has 0 radical (unpaired) electrons. The second kappa shape index (κ2) is 7.89. The van der Waals surface area contributed by atoms with Gasteiger partial charge in [-0.05, 0) is 24.6 Å². The van der Waals surface area contributed by atoms with Gasteiger partial charge in [0.05, 0.1) is 43.2 Å². The van der Waals surface area contributed by atoms with Gasteiger partial charge in [0, 0.05) is 0 Å². The average Bonchev–Trinajstić information content (AvgIpc) is 3.66. The molecule has 12 heteroatoms. The zero-order chi connectivity index (χ0) is 24.2. The van der Waals surface area contributed by atoms with Crippen molar-refractivity contribution >= 4 is 28.5 Å². The molecule has 0 saturated carbocycles. The van der Waals surface area contributed by atoms with Crippen molar-refractivity contribution in [2.75, 3.05) is 18.9 Å². The van der Waals surface area contributed by atoms with Gasteiger partial charge in [-0.3, -0.25) is 4.79 Å². The Morgan fingerprint density at radius 1 is 1.17 bits per heavy atom. The molecular weight excluding hydrogens is 452 g/mol. The highest BCUT2D eigenvalue weighted by Crippen LogP contribution is 2.32. The molecule has 1 fully saturated rings. The number of benzene rings is 1. The number of anilines is 1. The van der Waals surface area contributed by atoms with Crippen LogP contribution in [0.15, 0.2) is 59.3 Å². The van der Waals surface area contributed by atoms with E-state index < -0.39 is 17.7 Å². The van der Waals surface area contributed by atoms with Gasteiger partial charge in [0.2, 0.25) is 11.8 Å². The van der Waals surface area contributed by atoms with Crippen molar-refractivity contribution in [3.8, 4) is 11.6 Å².